The van der Waals surface area contributed by atoms with Crippen molar-refractivity contribution in [2.24, 2.45) is 7.05 Å². The van der Waals surface area contributed by atoms with Crippen molar-refractivity contribution in [1.29, 1.82) is 0 Å². The minimum atomic E-state index is 0.675. The molecule has 0 radical (unpaired) electrons. The van der Waals surface area contributed by atoms with Gasteiger partial charge >= 0.3 is 0 Å². The van der Waals surface area contributed by atoms with Crippen LogP contribution in [0.1, 0.15) is 5.56 Å². The zero-order valence-corrected chi connectivity index (χ0v) is 7.77. The molecule has 0 atom stereocenters. The Bertz CT molecular complexity index is 244. The molecule has 1 heterocycles. The topological polar surface area (TPSA) is 27.1 Å². The van der Waals surface area contributed by atoms with Crippen molar-refractivity contribution in [2.75, 3.05) is 7.11 Å². The van der Waals surface area contributed by atoms with Crippen LogP contribution in [-0.4, -0.2) is 16.9 Å². The Morgan fingerprint density at radius 1 is 1.60 bits per heavy atom. The molecule has 0 saturated heterocycles. The van der Waals surface area contributed by atoms with Gasteiger partial charge in [0.1, 0.15) is 4.60 Å². The smallest absolute Gasteiger partial charge is 0.236 e. The maximum Gasteiger partial charge on any atom is 0.236 e. The Balaban J connectivity index is 3.17. The van der Waals surface area contributed by atoms with Gasteiger partial charge in [-0.15, -0.1) is 5.10 Å². The molecule has 10 heavy (non-hydrogen) atoms. The summed E-state index contributed by atoms with van der Waals surface area (Å²) < 4.78 is 7.68. The summed E-state index contributed by atoms with van der Waals surface area (Å²) in [6, 6.07) is 0. The van der Waals surface area contributed by atoms with E-state index in [2.05, 4.69) is 21.0 Å². The second-order valence-electron chi connectivity index (χ2n) is 2.05. The van der Waals surface area contributed by atoms with Crippen molar-refractivity contribution in [3.8, 4) is 5.88 Å². The summed E-state index contributed by atoms with van der Waals surface area (Å²) in [4.78, 5) is 0. The molecule has 56 valence electrons. The van der Waals surface area contributed by atoms with E-state index in [0.717, 1.165) is 10.2 Å². The highest BCUT2D eigenvalue weighted by atomic mass is 79.9. The van der Waals surface area contributed by atoms with Gasteiger partial charge in [-0.05, 0) is 22.9 Å². The Kier molecular flexibility index (Phi) is 1.99. The van der Waals surface area contributed by atoms with Crippen LogP contribution in [0.25, 0.3) is 0 Å². The molecule has 0 unspecified atom stereocenters. The average Bonchev–Trinajstić information content (AvgIpc) is 2.17. The van der Waals surface area contributed by atoms with Crippen LogP contribution in [0.5, 0.6) is 5.88 Å². The van der Waals surface area contributed by atoms with Gasteiger partial charge in [0, 0.05) is 12.6 Å². The lowest BCUT2D eigenvalue weighted by Gasteiger charge is -1.91. The zero-order chi connectivity index (χ0) is 7.72. The first-order valence-electron chi connectivity index (χ1n) is 2.90. The number of rotatable bonds is 1. The molecule has 4 heteroatoms. The van der Waals surface area contributed by atoms with Crippen LogP contribution in [0.3, 0.4) is 0 Å². The number of nitrogens with zero attached hydrogens (tertiary/aromatic N) is 2. The highest BCUT2D eigenvalue weighted by molar-refractivity contribution is 9.10. The Morgan fingerprint density at radius 3 is 2.40 bits per heavy atom. The largest absolute Gasteiger partial charge is 0.480 e. The first-order chi connectivity index (χ1) is 4.66. The maximum atomic E-state index is 4.98. The highest BCUT2D eigenvalue weighted by Crippen LogP contribution is 2.23. The average molecular weight is 205 g/mol. The second-order valence-corrected chi connectivity index (χ2v) is 2.80. The first kappa shape index (κ1) is 7.60. The van der Waals surface area contributed by atoms with E-state index in [-0.39, 0.29) is 0 Å². The summed E-state index contributed by atoms with van der Waals surface area (Å²) in [6.45, 7) is 1.95. The number of methoxy groups -OCH3 is 1. The quantitative estimate of drug-likeness (QED) is 0.694. The van der Waals surface area contributed by atoms with Crippen LogP contribution < -0.4 is 4.74 Å². The van der Waals surface area contributed by atoms with Crippen LogP contribution in [0, 0.1) is 6.92 Å². The van der Waals surface area contributed by atoms with Crippen molar-refractivity contribution in [3.05, 3.63) is 10.2 Å². The Labute approximate surface area is 68.1 Å². The summed E-state index contributed by atoms with van der Waals surface area (Å²) in [7, 11) is 3.47. The monoisotopic (exact) mass is 204 g/mol. The predicted octanol–water partition coefficient (Wildman–Crippen LogP) is 1.50. The summed E-state index contributed by atoms with van der Waals surface area (Å²) in [5.41, 5.74) is 1.03. The predicted molar refractivity (Wildman–Crippen MR) is 42.2 cm³/mol. The summed E-state index contributed by atoms with van der Waals surface area (Å²) >= 11 is 3.36. The van der Waals surface area contributed by atoms with Crippen molar-refractivity contribution < 1.29 is 4.74 Å². The van der Waals surface area contributed by atoms with E-state index in [1.807, 2.05) is 14.0 Å². The molecule has 0 bridgehead atoms. The number of ether oxygens (including phenoxy) is 1. The lowest BCUT2D eigenvalue weighted by atomic mass is 10.4. The van der Waals surface area contributed by atoms with Gasteiger partial charge in [-0.1, -0.05) is 0 Å². The fourth-order valence-electron chi connectivity index (χ4n) is 0.780. The van der Waals surface area contributed by atoms with Gasteiger partial charge in [-0.2, -0.15) is 0 Å². The molecule has 0 aliphatic carbocycles. The molecule has 1 aromatic rings. The van der Waals surface area contributed by atoms with Crippen molar-refractivity contribution in [3.63, 3.8) is 0 Å². The third-order valence-corrected chi connectivity index (χ3v) is 2.46. The third kappa shape index (κ3) is 1.03. The summed E-state index contributed by atoms with van der Waals surface area (Å²) in [6.07, 6.45) is 0. The van der Waals surface area contributed by atoms with Crippen LogP contribution in [0.2, 0.25) is 0 Å². The molecule has 0 N–H and O–H groups in total. The lowest BCUT2D eigenvalue weighted by molar-refractivity contribution is 0.389. The second kappa shape index (κ2) is 2.62. The molecule has 3 nitrogen and oxygen atoms in total. The fraction of sp³-hybridized carbons (Fsp3) is 0.500. The number of aryl methyl sites for hydroxylation is 1. The van der Waals surface area contributed by atoms with Gasteiger partial charge < -0.3 is 4.74 Å². The molecule has 0 aliphatic heterocycles. The SMILES string of the molecule is COc1nn(C)c(Br)c1C. The number of aromatic nitrogens is 2. The van der Waals surface area contributed by atoms with E-state index in [1.54, 1.807) is 11.8 Å². The fourth-order valence-corrected chi connectivity index (χ4v) is 1.03. The van der Waals surface area contributed by atoms with E-state index < -0.39 is 0 Å². The van der Waals surface area contributed by atoms with Gasteiger partial charge in [0.25, 0.3) is 0 Å². The molecule has 0 aliphatic rings. The Hall–Kier alpha value is -0.510. The molecule has 0 spiro atoms. The standard InChI is InChI=1S/C6H9BrN2O/c1-4-5(7)9(2)8-6(4)10-3/h1-3H3. The normalized spacial score (nSPS) is 10.0. The van der Waals surface area contributed by atoms with Crippen molar-refractivity contribution in [1.82, 2.24) is 9.78 Å². The minimum Gasteiger partial charge on any atom is -0.480 e. The summed E-state index contributed by atoms with van der Waals surface area (Å²) in [5.74, 6) is 0.675. The lowest BCUT2D eigenvalue weighted by Crippen LogP contribution is -1.90. The van der Waals surface area contributed by atoms with Crippen LogP contribution >= 0.6 is 15.9 Å². The van der Waals surface area contributed by atoms with Crippen molar-refractivity contribution >= 4 is 15.9 Å². The van der Waals surface area contributed by atoms with E-state index >= 15 is 0 Å². The summed E-state index contributed by atoms with van der Waals surface area (Å²) in [5, 5.41) is 4.08. The maximum absolute atomic E-state index is 4.98. The Morgan fingerprint density at radius 2 is 2.20 bits per heavy atom. The van der Waals surface area contributed by atoms with Crippen LogP contribution in [-0.2, 0) is 7.05 Å². The molecule has 0 aromatic carbocycles. The van der Waals surface area contributed by atoms with Crippen molar-refractivity contribution in [2.45, 2.75) is 6.92 Å². The van der Waals surface area contributed by atoms with E-state index in [4.69, 9.17) is 4.74 Å². The van der Waals surface area contributed by atoms with Gasteiger partial charge in [0.05, 0.1) is 7.11 Å². The van der Waals surface area contributed by atoms with Gasteiger partial charge in [0.15, 0.2) is 0 Å². The molecule has 1 rings (SSSR count). The molecule has 0 fully saturated rings. The molecular weight excluding hydrogens is 196 g/mol. The number of halogens is 1. The van der Waals surface area contributed by atoms with E-state index in [9.17, 15) is 0 Å². The minimum absolute atomic E-state index is 0.675. The van der Waals surface area contributed by atoms with Gasteiger partial charge in [0.2, 0.25) is 5.88 Å². The zero-order valence-electron chi connectivity index (χ0n) is 6.18. The molecule has 1 aromatic heterocycles. The highest BCUT2D eigenvalue weighted by Gasteiger charge is 2.08. The van der Waals surface area contributed by atoms with E-state index in [0.29, 0.717) is 5.88 Å². The number of hydrogen-bond acceptors (Lipinski definition) is 2. The first-order valence-corrected chi connectivity index (χ1v) is 3.69. The van der Waals surface area contributed by atoms with E-state index in [1.165, 1.54) is 0 Å². The third-order valence-electron chi connectivity index (χ3n) is 1.35. The number of hydrogen-bond donors (Lipinski definition) is 0. The van der Waals surface area contributed by atoms with Gasteiger partial charge in [-0.25, -0.2) is 0 Å². The van der Waals surface area contributed by atoms with Crippen LogP contribution in [0.4, 0.5) is 0 Å². The molecular formula is C6H9BrN2O. The van der Waals surface area contributed by atoms with Crippen LogP contribution in [0.15, 0.2) is 4.60 Å². The molecule has 0 amide bonds. The molecule has 0 saturated carbocycles. The van der Waals surface area contributed by atoms with Gasteiger partial charge in [-0.3, -0.25) is 4.68 Å².